The number of rotatable bonds is 6. The summed E-state index contributed by atoms with van der Waals surface area (Å²) in [5.41, 5.74) is 2.32. The van der Waals surface area contributed by atoms with E-state index in [4.69, 9.17) is 9.47 Å². The van der Waals surface area contributed by atoms with Gasteiger partial charge in [-0.15, -0.1) is 10.2 Å². The Morgan fingerprint density at radius 2 is 2.00 bits per heavy atom. The average molecular weight is 404 g/mol. The maximum absolute atomic E-state index is 12.2. The topological polar surface area (TPSA) is 103 Å². The van der Waals surface area contributed by atoms with Crippen molar-refractivity contribution in [2.75, 3.05) is 12.4 Å². The molecular weight excluding hydrogens is 384 g/mol. The van der Waals surface area contributed by atoms with E-state index >= 15 is 0 Å². The molecule has 0 aliphatic carbocycles. The van der Waals surface area contributed by atoms with E-state index in [9.17, 15) is 4.79 Å². The average Bonchev–Trinajstić information content (AvgIpc) is 3.18. The number of nitrogens with one attached hydrogen (secondary N) is 2. The molecule has 2 amide bonds. The first kappa shape index (κ1) is 19.2. The fourth-order valence-electron chi connectivity index (χ4n) is 2.83. The van der Waals surface area contributed by atoms with Gasteiger partial charge < -0.3 is 20.1 Å². The number of fused-ring (bicyclic) bond motifs is 1. The Morgan fingerprint density at radius 1 is 1.10 bits per heavy atom. The van der Waals surface area contributed by atoms with Gasteiger partial charge in [0, 0.05) is 12.3 Å². The van der Waals surface area contributed by atoms with Crippen LogP contribution in [-0.2, 0) is 6.54 Å². The summed E-state index contributed by atoms with van der Waals surface area (Å²) in [6.07, 6.45) is 3.36. The summed E-state index contributed by atoms with van der Waals surface area (Å²) in [6, 6.07) is 14.2. The van der Waals surface area contributed by atoms with Crippen LogP contribution in [0.3, 0.4) is 0 Å². The number of ether oxygens (including phenoxy) is 2. The molecule has 0 atom stereocenters. The highest BCUT2D eigenvalue weighted by Gasteiger charge is 2.09. The van der Waals surface area contributed by atoms with E-state index in [2.05, 4.69) is 25.8 Å². The third kappa shape index (κ3) is 4.30. The van der Waals surface area contributed by atoms with E-state index in [1.165, 1.54) is 6.20 Å². The number of methoxy groups -OCH3 is 1. The minimum atomic E-state index is -0.377. The first-order valence-electron chi connectivity index (χ1n) is 9.24. The standard InChI is InChI=1S/C21H20N6O3/c1-14-6-8-16(17(11-14)29-2)30-20-9-7-15(12-22-20)24-21(28)23-13-19-26-25-18-5-3-4-10-27(18)19/h3-12H,13H2,1-2H3,(H2,23,24,28). The number of nitrogens with zero attached hydrogens (tertiary/aromatic N) is 4. The van der Waals surface area contributed by atoms with Crippen molar-refractivity contribution in [2.45, 2.75) is 13.5 Å². The maximum Gasteiger partial charge on any atom is 0.319 e. The number of carbonyl (C=O) groups is 1. The van der Waals surface area contributed by atoms with Gasteiger partial charge in [0.15, 0.2) is 23.0 Å². The van der Waals surface area contributed by atoms with Crippen LogP contribution < -0.4 is 20.1 Å². The van der Waals surface area contributed by atoms with Crippen molar-refractivity contribution in [1.82, 2.24) is 24.9 Å². The van der Waals surface area contributed by atoms with Crippen molar-refractivity contribution in [3.8, 4) is 17.4 Å². The minimum absolute atomic E-state index is 0.235. The first-order chi connectivity index (χ1) is 14.6. The molecule has 9 nitrogen and oxygen atoms in total. The van der Waals surface area contributed by atoms with Gasteiger partial charge in [-0.3, -0.25) is 4.40 Å². The van der Waals surface area contributed by atoms with E-state index in [1.807, 2.05) is 53.9 Å². The van der Waals surface area contributed by atoms with E-state index in [1.54, 1.807) is 19.2 Å². The zero-order chi connectivity index (χ0) is 20.9. The molecule has 0 aliphatic heterocycles. The fourth-order valence-corrected chi connectivity index (χ4v) is 2.83. The maximum atomic E-state index is 12.2. The second kappa shape index (κ2) is 8.48. The summed E-state index contributed by atoms with van der Waals surface area (Å²) < 4.78 is 12.9. The van der Waals surface area contributed by atoms with Crippen molar-refractivity contribution < 1.29 is 14.3 Å². The van der Waals surface area contributed by atoms with Gasteiger partial charge in [-0.05, 0) is 42.8 Å². The van der Waals surface area contributed by atoms with Gasteiger partial charge in [0.05, 0.1) is 25.5 Å². The molecule has 3 aromatic heterocycles. The molecule has 4 rings (SSSR count). The molecule has 0 bridgehead atoms. The molecule has 9 heteroatoms. The van der Waals surface area contributed by atoms with Gasteiger partial charge in [0.25, 0.3) is 0 Å². The highest BCUT2D eigenvalue weighted by Crippen LogP contribution is 2.31. The van der Waals surface area contributed by atoms with Gasteiger partial charge >= 0.3 is 6.03 Å². The zero-order valence-electron chi connectivity index (χ0n) is 16.5. The van der Waals surface area contributed by atoms with Gasteiger partial charge in [-0.25, -0.2) is 9.78 Å². The molecule has 152 valence electrons. The van der Waals surface area contributed by atoms with Gasteiger partial charge in [0.1, 0.15) is 0 Å². The van der Waals surface area contributed by atoms with Crippen LogP contribution in [0.4, 0.5) is 10.5 Å². The number of aryl methyl sites for hydroxylation is 1. The molecule has 0 spiro atoms. The number of pyridine rings is 2. The van der Waals surface area contributed by atoms with Crippen LogP contribution in [0.1, 0.15) is 11.4 Å². The first-order valence-corrected chi connectivity index (χ1v) is 9.24. The molecule has 4 aromatic rings. The van der Waals surface area contributed by atoms with Crippen molar-refractivity contribution in [3.05, 3.63) is 72.3 Å². The Balaban J connectivity index is 1.34. The normalized spacial score (nSPS) is 10.6. The van der Waals surface area contributed by atoms with Crippen LogP contribution in [0, 0.1) is 6.92 Å². The second-order valence-electron chi connectivity index (χ2n) is 6.49. The van der Waals surface area contributed by atoms with Gasteiger partial charge in [-0.2, -0.15) is 0 Å². The van der Waals surface area contributed by atoms with E-state index in [-0.39, 0.29) is 12.6 Å². The van der Waals surface area contributed by atoms with Crippen LogP contribution in [0.25, 0.3) is 5.65 Å². The smallest absolute Gasteiger partial charge is 0.319 e. The van der Waals surface area contributed by atoms with Gasteiger partial charge in [0.2, 0.25) is 5.88 Å². The Labute approximate surface area is 172 Å². The van der Waals surface area contributed by atoms with Crippen molar-refractivity contribution >= 4 is 17.4 Å². The third-order valence-electron chi connectivity index (χ3n) is 4.32. The quantitative estimate of drug-likeness (QED) is 0.509. The van der Waals surface area contributed by atoms with E-state index in [0.717, 1.165) is 11.2 Å². The predicted octanol–water partition coefficient (Wildman–Crippen LogP) is 3.56. The zero-order valence-corrected chi connectivity index (χ0v) is 16.5. The largest absolute Gasteiger partial charge is 0.493 e. The molecule has 3 heterocycles. The molecule has 0 saturated carbocycles. The summed E-state index contributed by atoms with van der Waals surface area (Å²) in [4.78, 5) is 16.4. The Kier molecular flexibility index (Phi) is 5.42. The molecule has 2 N–H and O–H groups in total. The molecule has 0 radical (unpaired) electrons. The Bertz CT molecular complexity index is 1170. The summed E-state index contributed by atoms with van der Waals surface area (Å²) in [5.74, 6) is 2.21. The number of carbonyl (C=O) groups excluding carboxylic acids is 1. The molecule has 0 saturated heterocycles. The number of hydrogen-bond acceptors (Lipinski definition) is 6. The summed E-state index contributed by atoms with van der Waals surface area (Å²) in [7, 11) is 1.59. The van der Waals surface area contributed by atoms with Gasteiger partial charge in [-0.1, -0.05) is 12.1 Å². The number of amides is 2. The highest BCUT2D eigenvalue weighted by molar-refractivity contribution is 5.88. The molecule has 0 fully saturated rings. The van der Waals surface area contributed by atoms with Crippen LogP contribution in [0.15, 0.2) is 60.9 Å². The molecular formula is C21H20N6O3. The second-order valence-corrected chi connectivity index (χ2v) is 6.49. The Morgan fingerprint density at radius 3 is 2.80 bits per heavy atom. The lowest BCUT2D eigenvalue weighted by Gasteiger charge is -2.11. The van der Waals surface area contributed by atoms with Crippen molar-refractivity contribution in [2.24, 2.45) is 0 Å². The Hall–Kier alpha value is -4.14. The number of hydrogen-bond donors (Lipinski definition) is 2. The molecule has 0 aliphatic rings. The van der Waals surface area contributed by atoms with E-state index in [0.29, 0.717) is 28.9 Å². The van der Waals surface area contributed by atoms with Crippen LogP contribution >= 0.6 is 0 Å². The monoisotopic (exact) mass is 404 g/mol. The lowest BCUT2D eigenvalue weighted by molar-refractivity contribution is 0.251. The summed E-state index contributed by atoms with van der Waals surface area (Å²) in [5, 5.41) is 13.6. The lowest BCUT2D eigenvalue weighted by atomic mass is 10.2. The fraction of sp³-hybridized carbons (Fsp3) is 0.143. The molecule has 1 aromatic carbocycles. The van der Waals surface area contributed by atoms with Crippen molar-refractivity contribution in [1.29, 1.82) is 0 Å². The van der Waals surface area contributed by atoms with Crippen molar-refractivity contribution in [3.63, 3.8) is 0 Å². The summed E-state index contributed by atoms with van der Waals surface area (Å²) in [6.45, 7) is 2.21. The summed E-state index contributed by atoms with van der Waals surface area (Å²) >= 11 is 0. The lowest BCUT2D eigenvalue weighted by Crippen LogP contribution is -2.29. The van der Waals surface area contributed by atoms with Crippen LogP contribution in [-0.4, -0.2) is 32.7 Å². The number of aromatic nitrogens is 4. The number of benzene rings is 1. The minimum Gasteiger partial charge on any atom is -0.493 e. The number of anilines is 1. The number of urea groups is 1. The molecule has 30 heavy (non-hydrogen) atoms. The van der Waals surface area contributed by atoms with E-state index < -0.39 is 0 Å². The van der Waals surface area contributed by atoms with Crippen LogP contribution in [0.2, 0.25) is 0 Å². The predicted molar refractivity (Wildman–Crippen MR) is 111 cm³/mol. The SMILES string of the molecule is COc1cc(C)ccc1Oc1ccc(NC(=O)NCc2nnc3ccccn23)cn1. The van der Waals surface area contributed by atoms with Crippen LogP contribution in [0.5, 0.6) is 17.4 Å². The third-order valence-corrected chi connectivity index (χ3v) is 4.32. The highest BCUT2D eigenvalue weighted by atomic mass is 16.5. The molecule has 0 unspecified atom stereocenters.